The Hall–Kier alpha value is -1.80. The van der Waals surface area contributed by atoms with Gasteiger partial charge in [-0.05, 0) is 38.1 Å². The van der Waals surface area contributed by atoms with Gasteiger partial charge in [0.05, 0.1) is 6.04 Å². The lowest BCUT2D eigenvalue weighted by Crippen LogP contribution is -2.33. The lowest BCUT2D eigenvalue weighted by molar-refractivity contribution is 0.152. The van der Waals surface area contributed by atoms with Gasteiger partial charge in [-0.2, -0.15) is 0 Å². The Morgan fingerprint density at radius 2 is 1.65 bits per heavy atom. The van der Waals surface area contributed by atoms with Crippen LogP contribution >= 0.6 is 0 Å². The van der Waals surface area contributed by atoms with Crippen LogP contribution in [-0.4, -0.2) is 13.2 Å². The monoisotopic (exact) mass is 269 g/mol. The molecule has 20 heavy (non-hydrogen) atoms. The topological polar surface area (TPSA) is 21.3 Å². The highest BCUT2D eigenvalue weighted by Gasteiger charge is 2.21. The summed E-state index contributed by atoms with van der Waals surface area (Å²) in [5, 5.41) is 3.38. The number of nitrogens with one attached hydrogen (secondary N) is 1. The van der Waals surface area contributed by atoms with E-state index < -0.39 is 0 Å². The minimum Gasteiger partial charge on any atom is -0.488 e. The van der Waals surface area contributed by atoms with Crippen molar-refractivity contribution in [1.29, 1.82) is 0 Å². The molecule has 0 fully saturated rings. The maximum atomic E-state index is 6.16. The molecule has 0 aliphatic heterocycles. The molecule has 106 valence electrons. The van der Waals surface area contributed by atoms with Gasteiger partial charge in [0.2, 0.25) is 0 Å². The third kappa shape index (κ3) is 3.61. The average molecular weight is 269 g/mol. The van der Waals surface area contributed by atoms with E-state index in [-0.39, 0.29) is 12.1 Å². The molecule has 0 saturated carbocycles. The molecule has 2 rings (SSSR count). The van der Waals surface area contributed by atoms with E-state index in [4.69, 9.17) is 4.74 Å². The number of hydrogen-bond acceptors (Lipinski definition) is 2. The summed E-state index contributed by atoms with van der Waals surface area (Å²) in [7, 11) is 1.98. The standard InChI is InChI=1S/C18H23NO/c1-4-17(20-16-12-10-14(2)11-13-16)18(19-3)15-8-6-5-7-9-15/h5-13,17-19H,4H2,1-3H3. The number of ether oxygens (including phenoxy) is 1. The molecule has 2 nitrogen and oxygen atoms in total. The Bertz CT molecular complexity index is 507. The first-order valence-electron chi connectivity index (χ1n) is 7.20. The minimum absolute atomic E-state index is 0.116. The molecule has 2 atom stereocenters. The van der Waals surface area contributed by atoms with Gasteiger partial charge in [-0.25, -0.2) is 0 Å². The van der Waals surface area contributed by atoms with Crippen LogP contribution in [0.15, 0.2) is 54.6 Å². The van der Waals surface area contributed by atoms with Gasteiger partial charge in [-0.3, -0.25) is 0 Å². The molecule has 0 aliphatic carbocycles. The Kier molecular flexibility index (Phi) is 5.19. The van der Waals surface area contributed by atoms with Gasteiger partial charge in [0.15, 0.2) is 0 Å². The third-order valence-corrected chi connectivity index (χ3v) is 3.55. The largest absolute Gasteiger partial charge is 0.488 e. The van der Waals surface area contributed by atoms with Gasteiger partial charge >= 0.3 is 0 Å². The molecular weight excluding hydrogens is 246 g/mol. The fourth-order valence-corrected chi connectivity index (χ4v) is 2.41. The second-order valence-corrected chi connectivity index (χ2v) is 5.05. The molecule has 2 aromatic carbocycles. The van der Waals surface area contributed by atoms with Crippen LogP contribution in [-0.2, 0) is 0 Å². The van der Waals surface area contributed by atoms with Gasteiger partial charge in [0.25, 0.3) is 0 Å². The summed E-state index contributed by atoms with van der Waals surface area (Å²) < 4.78 is 6.16. The Morgan fingerprint density at radius 1 is 1.00 bits per heavy atom. The zero-order valence-electron chi connectivity index (χ0n) is 12.5. The van der Waals surface area contributed by atoms with Crippen molar-refractivity contribution in [2.75, 3.05) is 7.05 Å². The molecule has 0 spiro atoms. The summed E-state index contributed by atoms with van der Waals surface area (Å²) in [5.41, 5.74) is 2.51. The van der Waals surface area contributed by atoms with Crippen molar-refractivity contribution < 1.29 is 4.74 Å². The number of hydrogen-bond donors (Lipinski definition) is 1. The highest BCUT2D eigenvalue weighted by atomic mass is 16.5. The molecule has 0 amide bonds. The molecule has 0 aromatic heterocycles. The van der Waals surface area contributed by atoms with E-state index in [0.29, 0.717) is 0 Å². The number of aryl methyl sites for hydroxylation is 1. The van der Waals surface area contributed by atoms with Gasteiger partial charge in [0, 0.05) is 0 Å². The molecule has 2 heteroatoms. The fraction of sp³-hybridized carbons (Fsp3) is 0.333. The first-order valence-corrected chi connectivity index (χ1v) is 7.20. The zero-order chi connectivity index (χ0) is 14.4. The number of rotatable bonds is 6. The van der Waals surface area contributed by atoms with Gasteiger partial charge < -0.3 is 10.1 Å². The summed E-state index contributed by atoms with van der Waals surface area (Å²) in [4.78, 5) is 0. The molecule has 0 heterocycles. The van der Waals surface area contributed by atoms with E-state index in [0.717, 1.165) is 12.2 Å². The molecular formula is C18H23NO. The van der Waals surface area contributed by atoms with Crippen molar-refractivity contribution in [1.82, 2.24) is 5.32 Å². The van der Waals surface area contributed by atoms with Crippen molar-refractivity contribution in [3.8, 4) is 5.75 Å². The Morgan fingerprint density at radius 3 is 2.20 bits per heavy atom. The Labute approximate surface area is 121 Å². The van der Waals surface area contributed by atoms with Crippen LogP contribution in [0.25, 0.3) is 0 Å². The van der Waals surface area contributed by atoms with Gasteiger partial charge in [-0.15, -0.1) is 0 Å². The highest BCUT2D eigenvalue weighted by Crippen LogP contribution is 2.24. The lowest BCUT2D eigenvalue weighted by atomic mass is 9.99. The van der Waals surface area contributed by atoms with Crippen LogP contribution in [0.5, 0.6) is 5.75 Å². The van der Waals surface area contributed by atoms with E-state index >= 15 is 0 Å². The van der Waals surface area contributed by atoms with Crippen molar-refractivity contribution in [2.45, 2.75) is 32.4 Å². The number of likely N-dealkylation sites (N-methyl/N-ethyl adjacent to an activating group) is 1. The van der Waals surface area contributed by atoms with Crippen LogP contribution in [0.4, 0.5) is 0 Å². The normalized spacial score (nSPS) is 13.8. The smallest absolute Gasteiger partial charge is 0.119 e. The molecule has 0 aliphatic rings. The maximum Gasteiger partial charge on any atom is 0.119 e. The van der Waals surface area contributed by atoms with E-state index in [2.05, 4.69) is 55.6 Å². The van der Waals surface area contributed by atoms with Gasteiger partial charge in [-0.1, -0.05) is 55.0 Å². The van der Waals surface area contributed by atoms with Crippen molar-refractivity contribution in [3.63, 3.8) is 0 Å². The summed E-state index contributed by atoms with van der Waals surface area (Å²) in [6, 6.07) is 18.9. The molecule has 2 unspecified atom stereocenters. The van der Waals surface area contributed by atoms with E-state index in [1.165, 1.54) is 11.1 Å². The summed E-state index contributed by atoms with van der Waals surface area (Å²) in [5.74, 6) is 0.929. The van der Waals surface area contributed by atoms with Gasteiger partial charge in [0.1, 0.15) is 11.9 Å². The predicted molar refractivity (Wildman–Crippen MR) is 84.1 cm³/mol. The third-order valence-electron chi connectivity index (χ3n) is 3.55. The molecule has 0 bridgehead atoms. The van der Waals surface area contributed by atoms with E-state index in [1.807, 2.05) is 25.2 Å². The molecule has 0 saturated heterocycles. The quantitative estimate of drug-likeness (QED) is 0.852. The number of benzene rings is 2. The van der Waals surface area contributed by atoms with Crippen molar-refractivity contribution in [2.24, 2.45) is 0 Å². The van der Waals surface area contributed by atoms with Crippen LogP contribution in [0.2, 0.25) is 0 Å². The average Bonchev–Trinajstić information content (AvgIpc) is 2.50. The molecule has 2 aromatic rings. The zero-order valence-corrected chi connectivity index (χ0v) is 12.5. The van der Waals surface area contributed by atoms with Crippen LogP contribution in [0, 0.1) is 6.92 Å². The fourth-order valence-electron chi connectivity index (χ4n) is 2.41. The first-order chi connectivity index (χ1) is 9.74. The highest BCUT2D eigenvalue weighted by molar-refractivity contribution is 5.27. The van der Waals surface area contributed by atoms with Crippen molar-refractivity contribution >= 4 is 0 Å². The second kappa shape index (κ2) is 7.11. The first kappa shape index (κ1) is 14.6. The maximum absolute atomic E-state index is 6.16. The second-order valence-electron chi connectivity index (χ2n) is 5.05. The van der Waals surface area contributed by atoms with E-state index in [9.17, 15) is 0 Å². The summed E-state index contributed by atoms with van der Waals surface area (Å²) >= 11 is 0. The van der Waals surface area contributed by atoms with Crippen LogP contribution < -0.4 is 10.1 Å². The predicted octanol–water partition coefficient (Wildman–Crippen LogP) is 4.11. The van der Waals surface area contributed by atoms with Crippen molar-refractivity contribution in [3.05, 3.63) is 65.7 Å². The minimum atomic E-state index is 0.116. The Balaban J connectivity index is 2.15. The lowest BCUT2D eigenvalue weighted by Gasteiger charge is -2.27. The molecule has 1 N–H and O–H groups in total. The summed E-state index contributed by atoms with van der Waals surface area (Å²) in [6.45, 7) is 4.24. The van der Waals surface area contributed by atoms with Crippen LogP contribution in [0.3, 0.4) is 0 Å². The SMILES string of the molecule is CCC(Oc1ccc(C)cc1)C(NC)c1ccccc1. The van der Waals surface area contributed by atoms with E-state index in [1.54, 1.807) is 0 Å². The van der Waals surface area contributed by atoms with Crippen LogP contribution in [0.1, 0.15) is 30.5 Å². The molecule has 0 radical (unpaired) electrons. The summed E-state index contributed by atoms with van der Waals surface area (Å²) in [6.07, 6.45) is 1.07.